The zero-order valence-electron chi connectivity index (χ0n) is 18.7. The molecule has 0 aromatic heterocycles. The number of piperidine rings is 1. The van der Waals surface area contributed by atoms with Crippen molar-refractivity contribution in [1.29, 1.82) is 0 Å². The zero-order chi connectivity index (χ0) is 22.6. The SMILES string of the molecule is CC(C)(CC(=O)O)CC(=O)N1CCC[C@H]2O[C@H]3c4cc(Cl)ccc4OC(C)(C)[C@@H]3C[C@H]21. The highest BCUT2D eigenvalue weighted by atomic mass is 35.5. The summed E-state index contributed by atoms with van der Waals surface area (Å²) in [6.07, 6.45) is 2.62. The molecule has 2 saturated heterocycles. The fourth-order valence-corrected chi connectivity index (χ4v) is 5.73. The van der Waals surface area contributed by atoms with E-state index < -0.39 is 17.0 Å². The lowest BCUT2D eigenvalue weighted by Gasteiger charge is -2.54. The number of hydrogen-bond donors (Lipinski definition) is 1. The van der Waals surface area contributed by atoms with Gasteiger partial charge in [0.2, 0.25) is 5.91 Å². The molecule has 1 N–H and O–H groups in total. The molecule has 31 heavy (non-hydrogen) atoms. The number of benzene rings is 1. The van der Waals surface area contributed by atoms with Gasteiger partial charge in [-0.15, -0.1) is 0 Å². The third-order valence-corrected chi connectivity index (χ3v) is 7.26. The van der Waals surface area contributed by atoms with Crippen molar-refractivity contribution in [2.75, 3.05) is 6.54 Å². The average Bonchev–Trinajstić information content (AvgIpc) is 2.65. The molecule has 0 aliphatic carbocycles. The van der Waals surface area contributed by atoms with Crippen molar-refractivity contribution in [3.8, 4) is 5.75 Å². The predicted molar refractivity (Wildman–Crippen MR) is 117 cm³/mol. The van der Waals surface area contributed by atoms with Crippen LogP contribution in [0.15, 0.2) is 18.2 Å². The molecule has 4 atom stereocenters. The number of fused-ring (bicyclic) bond motifs is 4. The number of nitrogens with zero attached hydrogens (tertiary/aromatic N) is 1. The van der Waals surface area contributed by atoms with E-state index in [0.29, 0.717) is 11.6 Å². The van der Waals surface area contributed by atoms with Gasteiger partial charge in [-0.2, -0.15) is 0 Å². The number of amides is 1. The summed E-state index contributed by atoms with van der Waals surface area (Å²) in [5.41, 5.74) is -0.0384. The van der Waals surface area contributed by atoms with Crippen LogP contribution in [0.3, 0.4) is 0 Å². The first-order chi connectivity index (χ1) is 14.5. The van der Waals surface area contributed by atoms with Crippen LogP contribution in [0.1, 0.15) is 71.5 Å². The molecule has 7 heteroatoms. The molecule has 1 amide bonds. The Kier molecular flexibility index (Phi) is 5.76. The Balaban J connectivity index is 1.58. The Bertz CT molecular complexity index is 883. The molecular weight excluding hydrogens is 418 g/mol. The maximum absolute atomic E-state index is 13.2. The number of carboxylic acids is 1. The lowest BCUT2D eigenvalue weighted by atomic mass is 9.72. The van der Waals surface area contributed by atoms with Crippen molar-refractivity contribution in [3.63, 3.8) is 0 Å². The molecule has 3 heterocycles. The molecule has 0 unspecified atom stereocenters. The first-order valence-electron chi connectivity index (χ1n) is 11.1. The largest absolute Gasteiger partial charge is 0.487 e. The number of ether oxygens (including phenoxy) is 2. The lowest BCUT2D eigenvalue weighted by Crippen LogP contribution is -2.60. The van der Waals surface area contributed by atoms with E-state index in [-0.39, 0.29) is 42.9 Å². The quantitative estimate of drug-likeness (QED) is 0.711. The second kappa shape index (κ2) is 7.96. The van der Waals surface area contributed by atoms with E-state index in [0.717, 1.165) is 30.6 Å². The number of likely N-dealkylation sites (tertiary alicyclic amines) is 1. The third kappa shape index (κ3) is 4.42. The van der Waals surface area contributed by atoms with Gasteiger partial charge in [-0.1, -0.05) is 25.4 Å². The summed E-state index contributed by atoms with van der Waals surface area (Å²) in [4.78, 5) is 26.4. The number of halogens is 1. The molecule has 0 bridgehead atoms. The number of carbonyl (C=O) groups is 2. The minimum absolute atomic E-state index is 0.0148. The van der Waals surface area contributed by atoms with E-state index in [2.05, 4.69) is 13.8 Å². The van der Waals surface area contributed by atoms with Crippen molar-refractivity contribution in [1.82, 2.24) is 4.90 Å². The summed E-state index contributed by atoms with van der Waals surface area (Å²) < 4.78 is 13.0. The number of aliphatic carboxylic acids is 1. The molecule has 3 aliphatic rings. The Morgan fingerprint density at radius 2 is 2.03 bits per heavy atom. The minimum atomic E-state index is -0.878. The van der Waals surface area contributed by atoms with Crippen molar-refractivity contribution < 1.29 is 24.2 Å². The van der Waals surface area contributed by atoms with Crippen molar-refractivity contribution in [2.24, 2.45) is 11.3 Å². The Hall–Kier alpha value is -1.79. The highest BCUT2D eigenvalue weighted by Gasteiger charge is 2.53. The van der Waals surface area contributed by atoms with Crippen LogP contribution in [-0.2, 0) is 14.3 Å². The van der Waals surface area contributed by atoms with Crippen molar-refractivity contribution in [2.45, 2.75) is 83.6 Å². The third-order valence-electron chi connectivity index (χ3n) is 7.02. The molecular formula is C24H32ClNO5. The molecule has 0 radical (unpaired) electrons. The molecule has 1 aromatic carbocycles. The predicted octanol–water partition coefficient (Wildman–Crippen LogP) is 4.84. The standard InChI is InChI=1S/C24H32ClNO5/c1-23(2,13-21(28)29)12-20(27)26-9-5-6-19-17(26)11-16-22(30-19)15-10-14(25)7-8-18(15)31-24(16,3)4/h7-8,10,16-17,19,22H,5-6,9,11-13H2,1-4H3,(H,28,29)/t16-,17-,19-,22+/m1/s1. The van der Waals surface area contributed by atoms with E-state index in [1.807, 2.05) is 36.9 Å². The van der Waals surface area contributed by atoms with Crippen molar-refractivity contribution in [3.05, 3.63) is 28.8 Å². The maximum Gasteiger partial charge on any atom is 0.303 e. The van der Waals surface area contributed by atoms with Crippen LogP contribution in [0.2, 0.25) is 5.02 Å². The number of rotatable bonds is 4. The zero-order valence-corrected chi connectivity index (χ0v) is 19.4. The van der Waals surface area contributed by atoms with Gasteiger partial charge in [0, 0.05) is 29.5 Å². The van der Waals surface area contributed by atoms with Crippen LogP contribution < -0.4 is 4.74 Å². The summed E-state index contributed by atoms with van der Waals surface area (Å²) in [6, 6.07) is 5.66. The highest BCUT2D eigenvalue weighted by molar-refractivity contribution is 6.30. The van der Waals surface area contributed by atoms with E-state index in [4.69, 9.17) is 21.1 Å². The number of hydrogen-bond acceptors (Lipinski definition) is 4. The average molecular weight is 450 g/mol. The van der Waals surface area contributed by atoms with Gasteiger partial charge in [-0.05, 0) is 56.7 Å². The van der Waals surface area contributed by atoms with E-state index in [1.54, 1.807) is 0 Å². The molecule has 0 spiro atoms. The van der Waals surface area contributed by atoms with Crippen LogP contribution in [0.5, 0.6) is 5.75 Å². The van der Waals surface area contributed by atoms with E-state index in [1.165, 1.54) is 0 Å². The molecule has 2 fully saturated rings. The van der Waals surface area contributed by atoms with Gasteiger partial charge in [0.15, 0.2) is 0 Å². The monoisotopic (exact) mass is 449 g/mol. The van der Waals surface area contributed by atoms with Gasteiger partial charge in [0.25, 0.3) is 0 Å². The fourth-order valence-electron chi connectivity index (χ4n) is 5.55. The second-order valence-electron chi connectivity index (χ2n) is 10.5. The maximum atomic E-state index is 13.2. The van der Waals surface area contributed by atoms with Crippen molar-refractivity contribution >= 4 is 23.5 Å². The Morgan fingerprint density at radius 3 is 2.74 bits per heavy atom. The molecule has 3 aliphatic heterocycles. The smallest absolute Gasteiger partial charge is 0.303 e. The Labute approximate surface area is 188 Å². The van der Waals surface area contributed by atoms with Crippen LogP contribution >= 0.6 is 11.6 Å². The topological polar surface area (TPSA) is 76.1 Å². The van der Waals surface area contributed by atoms with E-state index >= 15 is 0 Å². The van der Waals surface area contributed by atoms with Gasteiger partial charge in [-0.25, -0.2) is 0 Å². The summed E-state index contributed by atoms with van der Waals surface area (Å²) in [7, 11) is 0. The van der Waals surface area contributed by atoms with Gasteiger partial charge in [0.05, 0.1) is 24.7 Å². The first kappa shape index (κ1) is 22.4. The minimum Gasteiger partial charge on any atom is -0.487 e. The van der Waals surface area contributed by atoms with Gasteiger partial charge >= 0.3 is 5.97 Å². The fraction of sp³-hybridized carbons (Fsp3) is 0.667. The number of carbonyl (C=O) groups excluding carboxylic acids is 1. The molecule has 0 saturated carbocycles. The molecule has 6 nitrogen and oxygen atoms in total. The van der Waals surface area contributed by atoms with Gasteiger partial charge < -0.3 is 19.5 Å². The summed E-state index contributed by atoms with van der Waals surface area (Å²) in [6.45, 7) is 8.53. The first-order valence-corrected chi connectivity index (χ1v) is 11.5. The normalized spacial score (nSPS) is 29.3. The van der Waals surface area contributed by atoms with Crippen LogP contribution in [0.25, 0.3) is 0 Å². The Morgan fingerprint density at radius 1 is 1.29 bits per heavy atom. The second-order valence-corrected chi connectivity index (χ2v) is 11.0. The summed E-state index contributed by atoms with van der Waals surface area (Å²) in [5, 5.41) is 9.84. The van der Waals surface area contributed by atoms with Gasteiger partial charge in [-0.3, -0.25) is 9.59 Å². The number of carboxylic acid groups (broad SMARTS) is 1. The molecule has 170 valence electrons. The van der Waals surface area contributed by atoms with Crippen LogP contribution in [0, 0.1) is 11.3 Å². The van der Waals surface area contributed by atoms with E-state index in [9.17, 15) is 14.7 Å². The van der Waals surface area contributed by atoms with Crippen LogP contribution in [0.4, 0.5) is 0 Å². The molecule has 1 aromatic rings. The van der Waals surface area contributed by atoms with Gasteiger partial charge in [0.1, 0.15) is 11.4 Å². The molecule has 4 rings (SSSR count). The van der Waals surface area contributed by atoms with Crippen LogP contribution in [-0.4, -0.2) is 46.2 Å². The lowest BCUT2D eigenvalue weighted by molar-refractivity contribution is -0.193. The summed E-state index contributed by atoms with van der Waals surface area (Å²) in [5.74, 6) is 0.0333. The highest BCUT2D eigenvalue weighted by Crippen LogP contribution is 2.53. The summed E-state index contributed by atoms with van der Waals surface area (Å²) >= 11 is 6.27.